The predicted molar refractivity (Wildman–Crippen MR) is 184 cm³/mol. The van der Waals surface area contributed by atoms with E-state index in [9.17, 15) is 4.79 Å². The lowest BCUT2D eigenvalue weighted by Crippen LogP contribution is -2.47. The second-order valence-corrected chi connectivity index (χ2v) is 14.0. The molecule has 10 heteroatoms. The van der Waals surface area contributed by atoms with Crippen LogP contribution in [0.15, 0.2) is 60.7 Å². The number of nitrogens with zero attached hydrogens (tertiary/aromatic N) is 4. The topological polar surface area (TPSA) is 67.5 Å². The number of aromatic amines is 1. The first-order chi connectivity index (χ1) is 23.2. The van der Waals surface area contributed by atoms with Gasteiger partial charge in [-0.1, -0.05) is 50.2 Å². The zero-order chi connectivity index (χ0) is 33.6. The third-order valence-electron chi connectivity index (χ3n) is 10.8. The first kappa shape index (κ1) is 32.5. The summed E-state index contributed by atoms with van der Waals surface area (Å²) in [7, 11) is 1.83. The van der Waals surface area contributed by atoms with E-state index in [0.29, 0.717) is 24.3 Å². The number of hydrogen-bond acceptors (Lipinski definition) is 5. The van der Waals surface area contributed by atoms with Crippen molar-refractivity contribution in [2.75, 3.05) is 43.0 Å². The minimum Gasteiger partial charge on any atom is -0.367 e. The number of likely N-dealkylation sites (tertiary alicyclic amines) is 1. The zero-order valence-corrected chi connectivity index (χ0v) is 28.0. The minimum atomic E-state index is -1.50. The molecule has 3 saturated heterocycles. The molecule has 1 unspecified atom stereocenters. The lowest BCUT2D eigenvalue weighted by atomic mass is 9.86. The Morgan fingerprint density at radius 1 is 0.938 bits per heavy atom. The number of nitrogens with one attached hydrogen (secondary N) is 2. The molecule has 0 saturated carbocycles. The van der Waals surface area contributed by atoms with E-state index >= 15 is 13.2 Å². The van der Waals surface area contributed by atoms with Crippen molar-refractivity contribution in [3.8, 4) is 0 Å². The maximum Gasteiger partial charge on any atom is 0.240 e. The van der Waals surface area contributed by atoms with Gasteiger partial charge in [-0.2, -0.15) is 0 Å². The summed E-state index contributed by atoms with van der Waals surface area (Å²) >= 11 is 0. The van der Waals surface area contributed by atoms with E-state index in [0.717, 1.165) is 48.1 Å². The van der Waals surface area contributed by atoms with Crippen LogP contribution in [0.2, 0.25) is 0 Å². The molecular formula is C38H45F3N6O. The van der Waals surface area contributed by atoms with Gasteiger partial charge in [0.1, 0.15) is 17.2 Å². The number of halogens is 3. The van der Waals surface area contributed by atoms with E-state index in [1.807, 2.05) is 56.1 Å². The monoisotopic (exact) mass is 658 g/mol. The highest BCUT2D eigenvalue weighted by Gasteiger charge is 2.39. The Labute approximate surface area is 280 Å². The van der Waals surface area contributed by atoms with Crippen LogP contribution in [0.5, 0.6) is 0 Å². The van der Waals surface area contributed by atoms with Gasteiger partial charge in [0.05, 0.1) is 29.2 Å². The normalized spacial score (nSPS) is 21.9. The molecule has 3 atom stereocenters. The summed E-state index contributed by atoms with van der Waals surface area (Å²) in [6.07, 6.45) is 3.88. The highest BCUT2D eigenvalue weighted by atomic mass is 19.1. The van der Waals surface area contributed by atoms with Gasteiger partial charge in [-0.3, -0.25) is 4.79 Å². The number of imidazole rings is 1. The fraction of sp³-hybridized carbons (Fsp3) is 0.474. The second-order valence-electron chi connectivity index (χ2n) is 14.0. The molecule has 4 heterocycles. The van der Waals surface area contributed by atoms with Crippen LogP contribution in [0, 0.1) is 17.6 Å². The van der Waals surface area contributed by atoms with Gasteiger partial charge in [0.15, 0.2) is 11.6 Å². The van der Waals surface area contributed by atoms with Crippen LogP contribution in [0.3, 0.4) is 0 Å². The number of carbonyl (C=O) groups excluding carboxylic acids is 1. The molecule has 1 aromatic heterocycles. The number of rotatable bonds is 8. The van der Waals surface area contributed by atoms with Crippen LogP contribution in [-0.4, -0.2) is 60.0 Å². The van der Waals surface area contributed by atoms with Crippen molar-refractivity contribution in [3.63, 3.8) is 0 Å². The molecule has 3 aromatic carbocycles. The molecule has 0 aliphatic carbocycles. The van der Waals surface area contributed by atoms with Gasteiger partial charge >= 0.3 is 0 Å². The van der Waals surface area contributed by atoms with Crippen molar-refractivity contribution in [2.24, 2.45) is 5.92 Å². The van der Waals surface area contributed by atoms with Crippen molar-refractivity contribution in [1.82, 2.24) is 20.2 Å². The van der Waals surface area contributed by atoms with Crippen molar-refractivity contribution in [3.05, 3.63) is 89.2 Å². The molecule has 48 heavy (non-hydrogen) atoms. The van der Waals surface area contributed by atoms with Gasteiger partial charge in [-0.05, 0) is 74.0 Å². The van der Waals surface area contributed by atoms with Crippen molar-refractivity contribution >= 4 is 28.3 Å². The Bertz CT molecular complexity index is 1750. The van der Waals surface area contributed by atoms with Crippen LogP contribution in [0.1, 0.15) is 81.4 Å². The van der Waals surface area contributed by atoms with Crippen molar-refractivity contribution in [2.45, 2.75) is 76.2 Å². The van der Waals surface area contributed by atoms with E-state index in [2.05, 4.69) is 21.3 Å². The Balaban J connectivity index is 1.09. The number of hydrogen-bond donors (Lipinski definition) is 2. The van der Waals surface area contributed by atoms with E-state index in [1.165, 1.54) is 12.1 Å². The maximum atomic E-state index is 15.7. The molecule has 4 aromatic rings. The quantitative estimate of drug-likeness (QED) is 0.205. The van der Waals surface area contributed by atoms with Gasteiger partial charge in [-0.15, -0.1) is 0 Å². The summed E-state index contributed by atoms with van der Waals surface area (Å²) < 4.78 is 47.1. The molecular weight excluding hydrogens is 613 g/mol. The van der Waals surface area contributed by atoms with Crippen LogP contribution < -0.4 is 15.1 Å². The van der Waals surface area contributed by atoms with Gasteiger partial charge in [0.25, 0.3) is 0 Å². The molecule has 3 aliphatic rings. The Hall–Kier alpha value is -4.05. The van der Waals surface area contributed by atoms with Crippen LogP contribution >= 0.6 is 0 Å². The zero-order valence-electron chi connectivity index (χ0n) is 28.0. The summed E-state index contributed by atoms with van der Waals surface area (Å²) in [6.45, 7) is 5.96. The average Bonchev–Trinajstić information content (AvgIpc) is 3.85. The lowest BCUT2D eigenvalue weighted by molar-refractivity contribution is -0.135. The maximum absolute atomic E-state index is 15.7. The molecule has 7 rings (SSSR count). The number of carbonyl (C=O) groups is 1. The van der Waals surface area contributed by atoms with Gasteiger partial charge < -0.3 is 25.0 Å². The van der Waals surface area contributed by atoms with Crippen LogP contribution in [0.4, 0.5) is 24.5 Å². The molecule has 1 amide bonds. The molecule has 3 aliphatic heterocycles. The predicted octanol–water partition coefficient (Wildman–Crippen LogP) is 7.56. The smallest absolute Gasteiger partial charge is 0.240 e. The number of likely N-dealkylation sites (N-methyl/N-ethyl adjacent to an activating group) is 1. The number of anilines is 2. The summed E-state index contributed by atoms with van der Waals surface area (Å²) in [5.41, 5.74) is 2.31. The van der Waals surface area contributed by atoms with Crippen LogP contribution in [-0.2, 0) is 10.5 Å². The lowest BCUT2D eigenvalue weighted by Gasteiger charge is -2.38. The number of aromatic nitrogens is 2. The number of amides is 1. The highest BCUT2D eigenvalue weighted by Crippen LogP contribution is 2.42. The third-order valence-corrected chi connectivity index (χ3v) is 10.8. The molecule has 2 N–H and O–H groups in total. The van der Waals surface area contributed by atoms with E-state index < -0.39 is 17.3 Å². The summed E-state index contributed by atoms with van der Waals surface area (Å²) in [6, 6.07) is 17.6. The largest absolute Gasteiger partial charge is 0.367 e. The first-order valence-corrected chi connectivity index (χ1v) is 17.4. The van der Waals surface area contributed by atoms with Gasteiger partial charge in [0.2, 0.25) is 5.91 Å². The number of piperidine rings is 1. The van der Waals surface area contributed by atoms with Gasteiger partial charge in [-0.25, -0.2) is 18.2 Å². The molecule has 0 bridgehead atoms. The Kier molecular flexibility index (Phi) is 8.87. The SMILES string of the molecule is CNC(C(=O)N1CCC[C@H]1c1nc2ccc([C@H]3CCCN3c3cc(F)c(N4CCC(F)(c5ccccc5)CC4)c(F)c3)cc2[nH]1)C(C)C. The van der Waals surface area contributed by atoms with Crippen molar-refractivity contribution in [1.29, 1.82) is 0 Å². The molecule has 7 nitrogen and oxygen atoms in total. The number of H-pyrrole nitrogens is 1. The fourth-order valence-electron chi connectivity index (χ4n) is 8.20. The first-order valence-electron chi connectivity index (χ1n) is 17.4. The number of alkyl halides is 1. The van der Waals surface area contributed by atoms with E-state index in [-0.39, 0.29) is 61.6 Å². The molecule has 0 radical (unpaired) electrons. The summed E-state index contributed by atoms with van der Waals surface area (Å²) in [4.78, 5) is 27.5. The fourth-order valence-corrected chi connectivity index (χ4v) is 8.20. The number of fused-ring (bicyclic) bond motifs is 1. The summed E-state index contributed by atoms with van der Waals surface area (Å²) in [5.74, 6) is -0.170. The molecule has 0 spiro atoms. The molecule has 3 fully saturated rings. The minimum absolute atomic E-state index is 0.0502. The number of benzene rings is 3. The Morgan fingerprint density at radius 2 is 1.62 bits per heavy atom. The van der Waals surface area contributed by atoms with E-state index in [1.54, 1.807) is 17.0 Å². The molecule has 254 valence electrons. The van der Waals surface area contributed by atoms with Crippen molar-refractivity contribution < 1.29 is 18.0 Å². The summed E-state index contributed by atoms with van der Waals surface area (Å²) in [5, 5.41) is 3.18. The third kappa shape index (κ3) is 5.93. The average molecular weight is 659 g/mol. The Morgan fingerprint density at radius 3 is 2.31 bits per heavy atom. The highest BCUT2D eigenvalue weighted by molar-refractivity contribution is 5.83. The van der Waals surface area contributed by atoms with Gasteiger partial charge in [0, 0.05) is 44.7 Å². The van der Waals surface area contributed by atoms with E-state index in [4.69, 9.17) is 4.98 Å². The second kappa shape index (κ2) is 13.1. The van der Waals surface area contributed by atoms with Crippen LogP contribution in [0.25, 0.3) is 11.0 Å². The standard InChI is InChI=1S/C38H45F3N6O/c1-24(2)34(42-3)37(48)47-18-8-12-33(47)36-43-30-14-13-25(21-31(30)44-36)32-11-7-17-46(32)27-22-28(39)35(29(40)23-27)45-19-15-38(41,16-20-45)26-9-5-4-6-10-26/h4-6,9-10,13-14,21-24,32-34,42H,7-8,11-12,15-20H2,1-3H3,(H,43,44)/t32-,33+,34?/m1/s1.